The van der Waals surface area contributed by atoms with Crippen LogP contribution in [0.15, 0.2) is 65.1 Å². The number of nitrogens with zero attached hydrogens (tertiary/aromatic N) is 3. The first-order valence-corrected chi connectivity index (χ1v) is 10.9. The molecule has 0 saturated carbocycles. The molecule has 1 aliphatic rings. The lowest BCUT2D eigenvalue weighted by Crippen LogP contribution is -2.48. The normalized spacial score (nSPS) is 14.8. The monoisotopic (exact) mass is 451 g/mol. The molecule has 1 aromatic heterocycles. The van der Waals surface area contributed by atoms with E-state index in [0.29, 0.717) is 13.1 Å². The van der Waals surface area contributed by atoms with Gasteiger partial charge in [0.2, 0.25) is 0 Å². The molecule has 2 heterocycles. The molecule has 6 heteroatoms. The van der Waals surface area contributed by atoms with Crippen LogP contribution in [0.4, 0.5) is 5.13 Å². The van der Waals surface area contributed by atoms with Crippen molar-refractivity contribution in [2.24, 2.45) is 0 Å². The van der Waals surface area contributed by atoms with Crippen LogP contribution in [0.5, 0.6) is 0 Å². The number of hydrogen-bond acceptors (Lipinski definition) is 4. The number of carbonyl (C=O) groups is 1. The van der Waals surface area contributed by atoms with E-state index in [4.69, 9.17) is 4.98 Å². The lowest BCUT2D eigenvalue weighted by Gasteiger charge is -2.34. The number of rotatable bonds is 2. The number of fused-ring (bicyclic) bond motifs is 2. The third kappa shape index (κ3) is 3.16. The first-order valence-electron chi connectivity index (χ1n) is 9.27. The van der Waals surface area contributed by atoms with Crippen LogP contribution in [0, 0.1) is 0 Å². The Kier molecular flexibility index (Phi) is 4.53. The molecule has 28 heavy (non-hydrogen) atoms. The summed E-state index contributed by atoms with van der Waals surface area (Å²) >= 11 is 5.23. The Labute approximate surface area is 175 Å². The van der Waals surface area contributed by atoms with Crippen molar-refractivity contribution in [1.29, 1.82) is 0 Å². The van der Waals surface area contributed by atoms with E-state index in [-0.39, 0.29) is 5.91 Å². The van der Waals surface area contributed by atoms with Crippen molar-refractivity contribution in [2.75, 3.05) is 31.1 Å². The number of amides is 1. The summed E-state index contributed by atoms with van der Waals surface area (Å²) in [6, 6.07) is 20.2. The van der Waals surface area contributed by atoms with E-state index >= 15 is 0 Å². The van der Waals surface area contributed by atoms with Gasteiger partial charge in [-0.1, -0.05) is 63.7 Å². The highest BCUT2D eigenvalue weighted by Crippen LogP contribution is 2.31. The van der Waals surface area contributed by atoms with Crippen LogP contribution in [0.3, 0.4) is 0 Å². The zero-order valence-corrected chi connectivity index (χ0v) is 17.5. The molecule has 0 atom stereocenters. The fourth-order valence-corrected chi connectivity index (χ4v) is 5.27. The van der Waals surface area contributed by atoms with Gasteiger partial charge in [0, 0.05) is 36.2 Å². The summed E-state index contributed by atoms with van der Waals surface area (Å²) in [6.45, 7) is 3.03. The second-order valence-corrected chi connectivity index (χ2v) is 8.84. The van der Waals surface area contributed by atoms with Gasteiger partial charge < -0.3 is 9.80 Å². The van der Waals surface area contributed by atoms with Gasteiger partial charge in [0.15, 0.2) is 5.13 Å². The van der Waals surface area contributed by atoms with Gasteiger partial charge in [-0.2, -0.15) is 0 Å². The number of halogens is 1. The molecule has 0 unspecified atom stereocenters. The van der Waals surface area contributed by atoms with Crippen molar-refractivity contribution in [3.05, 3.63) is 70.7 Å². The van der Waals surface area contributed by atoms with Crippen LogP contribution in [0.2, 0.25) is 0 Å². The molecule has 0 spiro atoms. The molecule has 1 aliphatic heterocycles. The van der Waals surface area contributed by atoms with Crippen molar-refractivity contribution < 1.29 is 4.79 Å². The quantitative estimate of drug-likeness (QED) is 0.421. The summed E-state index contributed by atoms with van der Waals surface area (Å²) in [5, 5.41) is 3.16. The van der Waals surface area contributed by atoms with Gasteiger partial charge >= 0.3 is 0 Å². The largest absolute Gasteiger partial charge is 0.345 e. The summed E-state index contributed by atoms with van der Waals surface area (Å²) in [4.78, 5) is 22.1. The Balaban J connectivity index is 1.34. The fourth-order valence-electron chi connectivity index (χ4n) is 3.70. The average molecular weight is 452 g/mol. The molecule has 4 aromatic rings. The Morgan fingerprint density at radius 3 is 2.61 bits per heavy atom. The van der Waals surface area contributed by atoms with Crippen LogP contribution in [-0.4, -0.2) is 42.0 Å². The van der Waals surface area contributed by atoms with Crippen molar-refractivity contribution in [3.63, 3.8) is 0 Å². The number of piperazine rings is 1. The maximum absolute atomic E-state index is 13.1. The molecule has 0 bridgehead atoms. The second kappa shape index (κ2) is 7.18. The number of hydrogen-bond donors (Lipinski definition) is 0. The van der Waals surface area contributed by atoms with Gasteiger partial charge in [0.25, 0.3) is 5.91 Å². The summed E-state index contributed by atoms with van der Waals surface area (Å²) in [7, 11) is 0. The zero-order chi connectivity index (χ0) is 19.1. The maximum atomic E-state index is 13.1. The summed E-state index contributed by atoms with van der Waals surface area (Å²) < 4.78 is 2.25. The minimum Gasteiger partial charge on any atom is -0.345 e. The SMILES string of the molecule is O=C(c1cccc2ccccc12)N1CCN(c2nc3ccc(Br)cc3s2)CC1. The molecule has 1 fully saturated rings. The van der Waals surface area contributed by atoms with Crippen molar-refractivity contribution in [1.82, 2.24) is 9.88 Å². The highest BCUT2D eigenvalue weighted by Gasteiger charge is 2.24. The number of benzene rings is 3. The second-order valence-electron chi connectivity index (χ2n) is 6.91. The topological polar surface area (TPSA) is 36.4 Å². The molecule has 1 saturated heterocycles. The first-order chi connectivity index (χ1) is 13.7. The van der Waals surface area contributed by atoms with Gasteiger partial charge in [-0.15, -0.1) is 0 Å². The molecule has 3 aromatic carbocycles. The number of anilines is 1. The van der Waals surface area contributed by atoms with E-state index in [1.165, 1.54) is 4.70 Å². The lowest BCUT2D eigenvalue weighted by atomic mass is 10.0. The first kappa shape index (κ1) is 17.6. The van der Waals surface area contributed by atoms with E-state index in [1.54, 1.807) is 11.3 Å². The molecular formula is C22H18BrN3OS. The molecule has 0 aliphatic carbocycles. The molecule has 5 rings (SSSR count). The molecule has 0 radical (unpaired) electrons. The van der Waals surface area contributed by atoms with Crippen LogP contribution in [0.1, 0.15) is 10.4 Å². The van der Waals surface area contributed by atoms with E-state index in [9.17, 15) is 4.79 Å². The molecular weight excluding hydrogens is 434 g/mol. The lowest BCUT2D eigenvalue weighted by molar-refractivity contribution is 0.0749. The number of carbonyl (C=O) groups excluding carboxylic acids is 1. The Hall–Kier alpha value is -2.44. The standard InChI is InChI=1S/C22H18BrN3OS/c23-16-8-9-19-20(14-16)28-22(24-19)26-12-10-25(11-13-26)21(27)18-7-3-5-15-4-1-2-6-17(15)18/h1-9,14H,10-13H2. The highest BCUT2D eigenvalue weighted by molar-refractivity contribution is 9.10. The van der Waals surface area contributed by atoms with Gasteiger partial charge in [0.1, 0.15) is 0 Å². The number of thiazole rings is 1. The van der Waals surface area contributed by atoms with Crippen molar-refractivity contribution >= 4 is 59.3 Å². The van der Waals surface area contributed by atoms with Crippen LogP contribution in [0.25, 0.3) is 21.0 Å². The summed E-state index contributed by atoms with van der Waals surface area (Å²) in [5.41, 5.74) is 1.81. The Morgan fingerprint density at radius 1 is 0.964 bits per heavy atom. The molecule has 140 valence electrons. The van der Waals surface area contributed by atoms with Gasteiger partial charge in [-0.05, 0) is 35.0 Å². The maximum Gasteiger partial charge on any atom is 0.254 e. The van der Waals surface area contributed by atoms with Crippen molar-refractivity contribution in [3.8, 4) is 0 Å². The molecule has 0 N–H and O–H groups in total. The summed E-state index contributed by atoms with van der Waals surface area (Å²) in [6.07, 6.45) is 0. The Morgan fingerprint density at radius 2 is 1.75 bits per heavy atom. The third-order valence-corrected chi connectivity index (χ3v) is 6.77. The number of aromatic nitrogens is 1. The van der Waals surface area contributed by atoms with Crippen LogP contribution >= 0.6 is 27.3 Å². The third-order valence-electron chi connectivity index (χ3n) is 5.20. The van der Waals surface area contributed by atoms with Crippen molar-refractivity contribution in [2.45, 2.75) is 0 Å². The molecule has 4 nitrogen and oxygen atoms in total. The minimum absolute atomic E-state index is 0.115. The van der Waals surface area contributed by atoms with E-state index in [0.717, 1.165) is 44.5 Å². The predicted octanol–water partition coefficient (Wildman–Crippen LogP) is 5.17. The van der Waals surface area contributed by atoms with E-state index < -0.39 is 0 Å². The average Bonchev–Trinajstić information content (AvgIpc) is 3.16. The highest BCUT2D eigenvalue weighted by atomic mass is 79.9. The smallest absolute Gasteiger partial charge is 0.254 e. The summed E-state index contributed by atoms with van der Waals surface area (Å²) in [5.74, 6) is 0.115. The fraction of sp³-hybridized carbons (Fsp3) is 0.182. The van der Waals surface area contributed by atoms with Gasteiger partial charge in [-0.3, -0.25) is 4.79 Å². The van der Waals surface area contributed by atoms with Gasteiger partial charge in [0.05, 0.1) is 10.2 Å². The van der Waals surface area contributed by atoms with Crippen LogP contribution < -0.4 is 4.90 Å². The van der Waals surface area contributed by atoms with E-state index in [2.05, 4.69) is 39.0 Å². The van der Waals surface area contributed by atoms with E-state index in [1.807, 2.05) is 47.4 Å². The minimum atomic E-state index is 0.115. The van der Waals surface area contributed by atoms with Crippen LogP contribution in [-0.2, 0) is 0 Å². The Bertz CT molecular complexity index is 1180. The van der Waals surface area contributed by atoms with Gasteiger partial charge in [-0.25, -0.2) is 4.98 Å². The molecule has 1 amide bonds. The zero-order valence-electron chi connectivity index (χ0n) is 15.1. The predicted molar refractivity (Wildman–Crippen MR) is 119 cm³/mol.